The van der Waals surface area contributed by atoms with E-state index < -0.39 is 0 Å². The van der Waals surface area contributed by atoms with Crippen molar-refractivity contribution in [3.63, 3.8) is 0 Å². The number of nitrogens with zero attached hydrogens (tertiary/aromatic N) is 2. The fourth-order valence-electron chi connectivity index (χ4n) is 4.04. The van der Waals surface area contributed by atoms with Gasteiger partial charge in [-0.2, -0.15) is 0 Å². The van der Waals surface area contributed by atoms with E-state index >= 15 is 0 Å². The van der Waals surface area contributed by atoms with Gasteiger partial charge in [0.2, 0.25) is 0 Å². The summed E-state index contributed by atoms with van der Waals surface area (Å²) in [6.07, 6.45) is 4.06. The van der Waals surface area contributed by atoms with Gasteiger partial charge in [-0.25, -0.2) is 0 Å². The average molecular weight is 497 g/mol. The van der Waals surface area contributed by atoms with Gasteiger partial charge in [-0.15, -0.1) is 6.58 Å². The van der Waals surface area contributed by atoms with Gasteiger partial charge in [0.05, 0.1) is 26.4 Å². The van der Waals surface area contributed by atoms with Crippen molar-refractivity contribution in [3.8, 4) is 0 Å². The highest BCUT2D eigenvalue weighted by Crippen LogP contribution is 2.12. The molecule has 0 aliphatic carbocycles. The zero-order chi connectivity index (χ0) is 26.6. The van der Waals surface area contributed by atoms with Crippen LogP contribution in [-0.2, 0) is 22.3 Å². The molecule has 0 bridgehead atoms. The minimum absolute atomic E-state index is 0.896. The number of aryl methyl sites for hydroxylation is 3. The molecule has 202 valence electrons. The van der Waals surface area contributed by atoms with Crippen molar-refractivity contribution in [1.29, 1.82) is 0 Å². The van der Waals surface area contributed by atoms with E-state index in [4.69, 9.17) is 9.47 Å². The fourth-order valence-corrected chi connectivity index (χ4v) is 4.04. The van der Waals surface area contributed by atoms with Gasteiger partial charge in [-0.1, -0.05) is 73.5 Å². The van der Waals surface area contributed by atoms with Crippen molar-refractivity contribution in [2.45, 2.75) is 54.4 Å². The standard InChI is InChI=1S/C14H21NO.C13H19NO.C3H6.C2H6/c1-12-3-4-13(2)14(11-12)5-6-15-7-9-16-10-8-15;1-12-2-4-13(5-3-12)6-7-14-8-10-15-11-9-14;1-3-2;1-2/h3-4,11H,5-10H2,1-2H3;2-5H,6-11H2,1H3;3H,1H2,2H3;1-2H3. The van der Waals surface area contributed by atoms with Crippen LogP contribution in [0.4, 0.5) is 0 Å². The van der Waals surface area contributed by atoms with Gasteiger partial charge >= 0.3 is 0 Å². The van der Waals surface area contributed by atoms with Gasteiger partial charge < -0.3 is 9.47 Å². The van der Waals surface area contributed by atoms with Crippen molar-refractivity contribution in [2.24, 2.45) is 0 Å². The third kappa shape index (κ3) is 13.9. The topological polar surface area (TPSA) is 24.9 Å². The Morgan fingerprint density at radius 2 is 1.17 bits per heavy atom. The summed E-state index contributed by atoms with van der Waals surface area (Å²) in [5, 5.41) is 0. The Morgan fingerprint density at radius 1 is 0.722 bits per heavy atom. The SMILES string of the molecule is C=CC.CC.Cc1ccc(C)c(CCN2CCOCC2)c1.Cc1ccc(CCN2CCOCC2)cc1. The Hall–Kier alpha value is -1.98. The molecule has 0 atom stereocenters. The van der Waals surface area contributed by atoms with E-state index in [1.165, 1.54) is 27.8 Å². The van der Waals surface area contributed by atoms with E-state index in [9.17, 15) is 0 Å². The molecule has 2 aromatic rings. The van der Waals surface area contributed by atoms with Gasteiger partial charge in [0.1, 0.15) is 0 Å². The summed E-state index contributed by atoms with van der Waals surface area (Å²) in [4.78, 5) is 4.97. The molecule has 4 nitrogen and oxygen atoms in total. The van der Waals surface area contributed by atoms with E-state index in [1.54, 1.807) is 6.08 Å². The Balaban J connectivity index is 0.000000306. The molecular formula is C32H52N2O2. The zero-order valence-electron chi connectivity index (χ0n) is 24.0. The highest BCUT2D eigenvalue weighted by molar-refractivity contribution is 5.30. The van der Waals surface area contributed by atoms with Crippen molar-refractivity contribution in [1.82, 2.24) is 9.80 Å². The normalized spacial score (nSPS) is 15.8. The van der Waals surface area contributed by atoms with Crippen LogP contribution in [0.15, 0.2) is 55.1 Å². The summed E-state index contributed by atoms with van der Waals surface area (Å²) >= 11 is 0. The highest BCUT2D eigenvalue weighted by atomic mass is 16.5. The summed E-state index contributed by atoms with van der Waals surface area (Å²) < 4.78 is 10.7. The number of benzene rings is 2. The second-order valence-electron chi connectivity index (χ2n) is 9.23. The smallest absolute Gasteiger partial charge is 0.0594 e. The Bertz CT molecular complexity index is 807. The summed E-state index contributed by atoms with van der Waals surface area (Å²) in [5.74, 6) is 0. The lowest BCUT2D eigenvalue weighted by Gasteiger charge is -2.26. The second kappa shape index (κ2) is 20.1. The molecule has 2 heterocycles. The molecule has 2 saturated heterocycles. The summed E-state index contributed by atoms with van der Waals surface area (Å²) in [6, 6.07) is 15.6. The Kier molecular flexibility index (Phi) is 17.9. The van der Waals surface area contributed by atoms with E-state index in [-0.39, 0.29) is 0 Å². The number of rotatable bonds is 6. The lowest BCUT2D eigenvalue weighted by Crippen LogP contribution is -2.37. The lowest BCUT2D eigenvalue weighted by molar-refractivity contribution is 0.0384. The van der Waals surface area contributed by atoms with Crippen LogP contribution in [0.2, 0.25) is 0 Å². The van der Waals surface area contributed by atoms with Gasteiger partial charge in [-0.05, 0) is 57.2 Å². The maximum atomic E-state index is 5.35. The lowest BCUT2D eigenvalue weighted by atomic mass is 10.0. The van der Waals surface area contributed by atoms with Crippen LogP contribution in [-0.4, -0.2) is 75.5 Å². The Morgan fingerprint density at radius 3 is 1.67 bits per heavy atom. The number of morpholine rings is 2. The fraction of sp³-hybridized carbons (Fsp3) is 0.562. The average Bonchev–Trinajstić information content (AvgIpc) is 2.92. The van der Waals surface area contributed by atoms with Gasteiger partial charge in [0.25, 0.3) is 0 Å². The molecule has 0 N–H and O–H groups in total. The number of allylic oxidation sites excluding steroid dienone is 1. The van der Waals surface area contributed by atoms with Gasteiger partial charge in [0.15, 0.2) is 0 Å². The second-order valence-corrected chi connectivity index (χ2v) is 9.23. The molecule has 0 aromatic heterocycles. The monoisotopic (exact) mass is 496 g/mol. The van der Waals surface area contributed by atoms with Crippen LogP contribution in [0.5, 0.6) is 0 Å². The summed E-state index contributed by atoms with van der Waals surface area (Å²) in [5.41, 5.74) is 7.05. The summed E-state index contributed by atoms with van der Waals surface area (Å²) in [6.45, 7) is 26.0. The third-order valence-electron chi connectivity index (χ3n) is 6.25. The molecule has 0 unspecified atom stereocenters. The van der Waals surface area contributed by atoms with Crippen LogP contribution in [0, 0.1) is 20.8 Å². The van der Waals surface area contributed by atoms with Crippen LogP contribution >= 0.6 is 0 Å². The summed E-state index contributed by atoms with van der Waals surface area (Å²) in [7, 11) is 0. The van der Waals surface area contributed by atoms with Crippen LogP contribution < -0.4 is 0 Å². The molecule has 4 rings (SSSR count). The molecule has 0 saturated carbocycles. The first-order valence-electron chi connectivity index (χ1n) is 13.8. The molecule has 2 aliphatic rings. The maximum absolute atomic E-state index is 5.35. The van der Waals surface area contributed by atoms with Gasteiger partial charge in [0, 0.05) is 39.3 Å². The van der Waals surface area contributed by atoms with E-state index in [0.29, 0.717) is 0 Å². The first-order chi connectivity index (χ1) is 17.5. The molecule has 0 radical (unpaired) electrons. The van der Waals surface area contributed by atoms with Crippen molar-refractivity contribution < 1.29 is 9.47 Å². The van der Waals surface area contributed by atoms with E-state index in [1.807, 2.05) is 20.8 Å². The molecule has 2 aliphatic heterocycles. The largest absolute Gasteiger partial charge is 0.379 e. The van der Waals surface area contributed by atoms with E-state index in [0.717, 1.165) is 78.5 Å². The van der Waals surface area contributed by atoms with Crippen molar-refractivity contribution >= 4 is 0 Å². The zero-order valence-corrected chi connectivity index (χ0v) is 24.0. The number of hydrogen-bond donors (Lipinski definition) is 0. The van der Waals surface area contributed by atoms with Crippen molar-refractivity contribution in [2.75, 3.05) is 65.7 Å². The minimum atomic E-state index is 0.896. The van der Waals surface area contributed by atoms with Gasteiger partial charge in [-0.3, -0.25) is 9.80 Å². The molecule has 0 amide bonds. The van der Waals surface area contributed by atoms with Crippen LogP contribution in [0.3, 0.4) is 0 Å². The van der Waals surface area contributed by atoms with Crippen molar-refractivity contribution in [3.05, 3.63) is 82.9 Å². The molecule has 2 fully saturated rings. The molecular weight excluding hydrogens is 444 g/mol. The predicted octanol–water partition coefficient (Wildman–Crippen LogP) is 6.27. The highest BCUT2D eigenvalue weighted by Gasteiger charge is 2.11. The van der Waals surface area contributed by atoms with Crippen LogP contribution in [0.1, 0.15) is 48.6 Å². The first-order valence-corrected chi connectivity index (χ1v) is 13.8. The predicted molar refractivity (Wildman–Crippen MR) is 156 cm³/mol. The molecule has 36 heavy (non-hydrogen) atoms. The first kappa shape index (κ1) is 32.0. The minimum Gasteiger partial charge on any atom is -0.379 e. The third-order valence-corrected chi connectivity index (χ3v) is 6.25. The molecule has 2 aromatic carbocycles. The number of hydrogen-bond acceptors (Lipinski definition) is 4. The Labute approximate surface area is 222 Å². The van der Waals surface area contributed by atoms with E-state index in [2.05, 4.69) is 79.6 Å². The molecule has 0 spiro atoms. The maximum Gasteiger partial charge on any atom is 0.0594 e. The molecule has 4 heteroatoms. The van der Waals surface area contributed by atoms with Crippen LogP contribution in [0.25, 0.3) is 0 Å². The number of ether oxygens (including phenoxy) is 2. The quantitative estimate of drug-likeness (QED) is 0.440.